The van der Waals surface area contributed by atoms with E-state index in [1.807, 2.05) is 4.90 Å². The van der Waals surface area contributed by atoms with E-state index in [4.69, 9.17) is 16.3 Å². The van der Waals surface area contributed by atoms with Gasteiger partial charge in [0, 0.05) is 26.1 Å². The van der Waals surface area contributed by atoms with Crippen LogP contribution in [0.2, 0.25) is 0 Å². The maximum atomic E-state index is 11.7. The molecule has 2 aliphatic rings. The molecule has 2 fully saturated rings. The molecule has 1 amide bonds. The van der Waals surface area contributed by atoms with Gasteiger partial charge in [-0.15, -0.1) is 11.6 Å². The van der Waals surface area contributed by atoms with E-state index in [0.717, 1.165) is 19.7 Å². The summed E-state index contributed by atoms with van der Waals surface area (Å²) in [5, 5.41) is 0. The number of carbonyl (C=O) groups excluding carboxylic acids is 1. The predicted molar refractivity (Wildman–Crippen MR) is 63.6 cm³/mol. The van der Waals surface area contributed by atoms with Crippen molar-refractivity contribution in [2.45, 2.75) is 25.7 Å². The summed E-state index contributed by atoms with van der Waals surface area (Å²) in [5.74, 6) is 0.689. The first-order valence-corrected chi connectivity index (χ1v) is 6.58. The molecule has 0 unspecified atom stereocenters. The molecule has 3 nitrogen and oxygen atoms in total. The second-order valence-corrected chi connectivity index (χ2v) is 5.40. The van der Waals surface area contributed by atoms with Gasteiger partial charge in [-0.05, 0) is 18.3 Å². The Kier molecular flexibility index (Phi) is 3.75. The molecule has 1 atom stereocenters. The van der Waals surface area contributed by atoms with Crippen LogP contribution in [-0.4, -0.2) is 43.5 Å². The molecule has 1 aliphatic heterocycles. The number of carbonyl (C=O) groups is 1. The molecule has 1 saturated carbocycles. The molecule has 0 N–H and O–H groups in total. The summed E-state index contributed by atoms with van der Waals surface area (Å²) >= 11 is 5.63. The summed E-state index contributed by atoms with van der Waals surface area (Å²) in [6.45, 7) is 2.50. The minimum atomic E-state index is 0.0755. The number of likely N-dealkylation sites (tertiary alicyclic amines) is 1. The number of ether oxygens (including phenoxy) is 1. The van der Waals surface area contributed by atoms with Crippen molar-refractivity contribution in [1.29, 1.82) is 0 Å². The summed E-state index contributed by atoms with van der Waals surface area (Å²) < 4.78 is 5.30. The van der Waals surface area contributed by atoms with Crippen molar-refractivity contribution in [2.75, 3.05) is 32.7 Å². The first-order chi connectivity index (χ1) is 7.72. The molecule has 0 radical (unpaired) electrons. The zero-order chi connectivity index (χ0) is 11.6. The number of methoxy groups -OCH3 is 1. The third-order valence-corrected chi connectivity index (χ3v) is 4.48. The first kappa shape index (κ1) is 12.2. The Morgan fingerprint density at radius 3 is 2.75 bits per heavy atom. The standard InChI is InChI=1S/C12H20ClNO2/c1-16-8-10-7-14(11(15)6-13)9-12(10)4-2-3-5-12/h10H,2-9H2,1H3/t10-/m1/s1. The van der Waals surface area contributed by atoms with E-state index in [1.165, 1.54) is 25.7 Å². The second kappa shape index (κ2) is 4.92. The molecule has 1 aliphatic carbocycles. The predicted octanol–water partition coefficient (Wildman–Crippen LogP) is 1.89. The van der Waals surface area contributed by atoms with Crippen molar-refractivity contribution in [3.63, 3.8) is 0 Å². The normalized spacial score (nSPS) is 27.9. The van der Waals surface area contributed by atoms with Crippen LogP contribution in [0.5, 0.6) is 0 Å². The van der Waals surface area contributed by atoms with Crippen molar-refractivity contribution in [3.8, 4) is 0 Å². The van der Waals surface area contributed by atoms with Crippen molar-refractivity contribution in [2.24, 2.45) is 11.3 Å². The molecule has 2 rings (SSSR count). The molecule has 0 bridgehead atoms. The van der Waals surface area contributed by atoms with Crippen molar-refractivity contribution in [3.05, 3.63) is 0 Å². The van der Waals surface area contributed by atoms with Gasteiger partial charge in [0.2, 0.25) is 5.91 Å². The largest absolute Gasteiger partial charge is 0.384 e. The Labute approximate surface area is 102 Å². The van der Waals surface area contributed by atoms with Crippen LogP contribution in [-0.2, 0) is 9.53 Å². The topological polar surface area (TPSA) is 29.5 Å². The van der Waals surface area contributed by atoms with Crippen molar-refractivity contribution >= 4 is 17.5 Å². The van der Waals surface area contributed by atoms with Crippen LogP contribution in [0.1, 0.15) is 25.7 Å². The van der Waals surface area contributed by atoms with Crippen molar-refractivity contribution in [1.82, 2.24) is 4.90 Å². The van der Waals surface area contributed by atoms with Crippen LogP contribution in [0.4, 0.5) is 0 Å². The Hall–Kier alpha value is -0.280. The Morgan fingerprint density at radius 2 is 2.19 bits per heavy atom. The lowest BCUT2D eigenvalue weighted by molar-refractivity contribution is -0.127. The number of nitrogens with zero attached hydrogens (tertiary/aromatic N) is 1. The summed E-state index contributed by atoms with van der Waals surface area (Å²) in [7, 11) is 1.74. The summed E-state index contributed by atoms with van der Waals surface area (Å²) in [6.07, 6.45) is 5.08. The smallest absolute Gasteiger partial charge is 0.237 e. The molecule has 1 heterocycles. The molecule has 16 heavy (non-hydrogen) atoms. The maximum absolute atomic E-state index is 11.7. The highest BCUT2D eigenvalue weighted by molar-refractivity contribution is 6.27. The third kappa shape index (κ3) is 2.07. The van der Waals surface area contributed by atoms with Gasteiger partial charge < -0.3 is 9.64 Å². The number of hydrogen-bond donors (Lipinski definition) is 0. The number of hydrogen-bond acceptors (Lipinski definition) is 2. The second-order valence-electron chi connectivity index (χ2n) is 5.13. The Morgan fingerprint density at radius 1 is 1.50 bits per heavy atom. The SMILES string of the molecule is COC[C@H]1CN(C(=O)CCl)CC12CCCC2. The minimum Gasteiger partial charge on any atom is -0.384 e. The number of halogens is 1. The molecule has 0 aromatic carbocycles. The summed E-state index contributed by atoms with van der Waals surface area (Å²) in [6, 6.07) is 0. The van der Waals surface area contributed by atoms with Crippen LogP contribution in [0.3, 0.4) is 0 Å². The molecular formula is C12H20ClNO2. The average molecular weight is 246 g/mol. The molecular weight excluding hydrogens is 226 g/mol. The van der Waals surface area contributed by atoms with Gasteiger partial charge in [0.25, 0.3) is 0 Å². The lowest BCUT2D eigenvalue weighted by atomic mass is 9.77. The van der Waals surface area contributed by atoms with Crippen molar-refractivity contribution < 1.29 is 9.53 Å². The highest BCUT2D eigenvalue weighted by Gasteiger charge is 2.48. The number of amides is 1. The lowest BCUT2D eigenvalue weighted by Crippen LogP contribution is -2.32. The molecule has 4 heteroatoms. The highest BCUT2D eigenvalue weighted by atomic mass is 35.5. The van der Waals surface area contributed by atoms with Crippen LogP contribution in [0, 0.1) is 11.3 Å². The molecule has 1 saturated heterocycles. The van der Waals surface area contributed by atoms with Gasteiger partial charge >= 0.3 is 0 Å². The third-order valence-electron chi connectivity index (χ3n) is 4.25. The first-order valence-electron chi connectivity index (χ1n) is 6.04. The average Bonchev–Trinajstić information content (AvgIpc) is 2.88. The summed E-state index contributed by atoms with van der Waals surface area (Å²) in [5.41, 5.74) is 0.331. The van der Waals surface area contributed by atoms with E-state index in [-0.39, 0.29) is 11.8 Å². The van der Waals surface area contributed by atoms with Crippen LogP contribution in [0.25, 0.3) is 0 Å². The fourth-order valence-electron chi connectivity index (χ4n) is 3.38. The fraction of sp³-hybridized carbons (Fsp3) is 0.917. The molecule has 0 aromatic rings. The van der Waals surface area contributed by atoms with E-state index in [1.54, 1.807) is 7.11 Å². The van der Waals surface area contributed by atoms with Crippen LogP contribution in [0.15, 0.2) is 0 Å². The van der Waals surface area contributed by atoms with Gasteiger partial charge in [0.1, 0.15) is 5.88 Å². The Bertz CT molecular complexity index is 264. The highest BCUT2D eigenvalue weighted by Crippen LogP contribution is 2.49. The lowest BCUT2D eigenvalue weighted by Gasteiger charge is -2.29. The van der Waals surface area contributed by atoms with E-state index in [9.17, 15) is 4.79 Å². The van der Waals surface area contributed by atoms with Gasteiger partial charge in [-0.3, -0.25) is 4.79 Å². The molecule has 1 spiro atoms. The van der Waals surface area contributed by atoms with Gasteiger partial charge in [0.05, 0.1) is 6.61 Å². The molecule has 92 valence electrons. The van der Waals surface area contributed by atoms with Crippen LogP contribution < -0.4 is 0 Å². The minimum absolute atomic E-state index is 0.0755. The molecule has 0 aromatic heterocycles. The van der Waals surface area contributed by atoms with Gasteiger partial charge in [0.15, 0.2) is 0 Å². The van der Waals surface area contributed by atoms with Gasteiger partial charge in [-0.2, -0.15) is 0 Å². The number of alkyl halides is 1. The van der Waals surface area contributed by atoms with Gasteiger partial charge in [-0.25, -0.2) is 0 Å². The van der Waals surface area contributed by atoms with E-state index < -0.39 is 0 Å². The quantitative estimate of drug-likeness (QED) is 0.711. The number of rotatable bonds is 3. The van der Waals surface area contributed by atoms with Crippen LogP contribution >= 0.6 is 11.6 Å². The monoisotopic (exact) mass is 245 g/mol. The van der Waals surface area contributed by atoms with E-state index in [0.29, 0.717) is 11.3 Å². The van der Waals surface area contributed by atoms with E-state index >= 15 is 0 Å². The van der Waals surface area contributed by atoms with Gasteiger partial charge in [-0.1, -0.05) is 12.8 Å². The summed E-state index contributed by atoms with van der Waals surface area (Å²) in [4.78, 5) is 13.6. The Balaban J connectivity index is 2.08. The van der Waals surface area contributed by atoms with E-state index in [2.05, 4.69) is 0 Å². The maximum Gasteiger partial charge on any atom is 0.237 e. The fourth-order valence-corrected chi connectivity index (χ4v) is 3.55. The zero-order valence-corrected chi connectivity index (χ0v) is 10.6. The zero-order valence-electron chi connectivity index (χ0n) is 9.88.